The number of aryl methyl sites for hydroxylation is 1. The highest BCUT2D eigenvalue weighted by Gasteiger charge is 2.21. The summed E-state index contributed by atoms with van der Waals surface area (Å²) in [6.07, 6.45) is 0. The molecule has 2 rings (SSSR count). The van der Waals surface area contributed by atoms with Crippen LogP contribution in [0.4, 0.5) is 11.4 Å². The number of nitrogens with one attached hydrogen (secondary N) is 1. The van der Waals surface area contributed by atoms with Gasteiger partial charge in [-0.2, -0.15) is 0 Å². The predicted molar refractivity (Wildman–Crippen MR) is 96.3 cm³/mol. The van der Waals surface area contributed by atoms with E-state index in [9.17, 15) is 19.7 Å². The summed E-state index contributed by atoms with van der Waals surface area (Å²) in [6, 6.07) is 8.85. The fourth-order valence-corrected chi connectivity index (χ4v) is 2.30. The van der Waals surface area contributed by atoms with Crippen molar-refractivity contribution in [2.45, 2.75) is 6.92 Å². The van der Waals surface area contributed by atoms with Gasteiger partial charge in [0.25, 0.3) is 11.6 Å². The van der Waals surface area contributed by atoms with Crippen LogP contribution in [0.25, 0.3) is 0 Å². The maximum atomic E-state index is 12.3. The topological polar surface area (TPSA) is 117 Å². The third-order valence-corrected chi connectivity index (χ3v) is 3.67. The number of esters is 1. The number of amides is 1. The van der Waals surface area contributed by atoms with E-state index in [1.54, 1.807) is 25.1 Å². The second kappa shape index (κ2) is 8.65. The maximum Gasteiger partial charge on any atom is 0.346 e. The van der Waals surface area contributed by atoms with Crippen molar-refractivity contribution >= 4 is 23.3 Å². The van der Waals surface area contributed by atoms with Gasteiger partial charge in [-0.05, 0) is 24.6 Å². The van der Waals surface area contributed by atoms with Crippen LogP contribution < -0.4 is 14.8 Å². The van der Waals surface area contributed by atoms with E-state index in [4.69, 9.17) is 14.2 Å². The summed E-state index contributed by atoms with van der Waals surface area (Å²) >= 11 is 0. The fraction of sp³-hybridized carbons (Fsp3) is 0.222. The highest BCUT2D eigenvalue weighted by molar-refractivity contribution is 5.98. The molecular formula is C18H18N2O7. The molecule has 0 saturated carbocycles. The van der Waals surface area contributed by atoms with Gasteiger partial charge in [-0.3, -0.25) is 14.9 Å². The van der Waals surface area contributed by atoms with E-state index in [0.717, 1.165) is 0 Å². The van der Waals surface area contributed by atoms with Crippen molar-refractivity contribution in [1.29, 1.82) is 0 Å². The van der Waals surface area contributed by atoms with Gasteiger partial charge in [0.05, 0.1) is 24.8 Å². The standard InChI is InChI=1S/C18H18N2O7/c1-11-7-8-12(20(23)24)9-13(11)19-16(21)10-27-18(22)17-14(25-2)5-4-6-15(17)26-3/h4-9H,10H2,1-3H3,(H,19,21). The lowest BCUT2D eigenvalue weighted by atomic mass is 10.1. The molecule has 2 aromatic carbocycles. The Morgan fingerprint density at radius 1 is 1.11 bits per heavy atom. The van der Waals surface area contributed by atoms with Gasteiger partial charge in [-0.25, -0.2) is 4.79 Å². The SMILES string of the molecule is COc1cccc(OC)c1C(=O)OCC(=O)Nc1cc([N+](=O)[O-])ccc1C. The number of benzene rings is 2. The summed E-state index contributed by atoms with van der Waals surface area (Å²) in [7, 11) is 2.78. The van der Waals surface area contributed by atoms with Crippen LogP contribution in [-0.2, 0) is 9.53 Å². The van der Waals surface area contributed by atoms with Crippen LogP contribution in [-0.4, -0.2) is 37.6 Å². The summed E-state index contributed by atoms with van der Waals surface area (Å²) in [5.41, 5.74) is 0.792. The number of nitro groups is 1. The lowest BCUT2D eigenvalue weighted by molar-refractivity contribution is -0.384. The Balaban J connectivity index is 2.07. The van der Waals surface area contributed by atoms with E-state index < -0.39 is 23.4 Å². The summed E-state index contributed by atoms with van der Waals surface area (Å²) in [6.45, 7) is 1.10. The molecule has 0 bridgehead atoms. The first-order valence-electron chi connectivity index (χ1n) is 7.80. The molecule has 0 aliphatic heterocycles. The number of non-ortho nitro benzene ring substituents is 1. The highest BCUT2D eigenvalue weighted by Crippen LogP contribution is 2.29. The third kappa shape index (κ3) is 4.72. The number of carbonyl (C=O) groups excluding carboxylic acids is 2. The molecule has 0 spiro atoms. The van der Waals surface area contributed by atoms with E-state index in [1.807, 2.05) is 0 Å². The van der Waals surface area contributed by atoms with Crippen LogP contribution in [0.2, 0.25) is 0 Å². The molecule has 9 nitrogen and oxygen atoms in total. The van der Waals surface area contributed by atoms with Crippen LogP contribution in [0.1, 0.15) is 15.9 Å². The molecule has 2 aromatic rings. The zero-order valence-electron chi connectivity index (χ0n) is 15.0. The molecule has 0 fully saturated rings. The Labute approximate surface area is 155 Å². The van der Waals surface area contributed by atoms with E-state index in [0.29, 0.717) is 5.56 Å². The Kier molecular flexibility index (Phi) is 6.32. The van der Waals surface area contributed by atoms with Crippen molar-refractivity contribution in [1.82, 2.24) is 0 Å². The summed E-state index contributed by atoms with van der Waals surface area (Å²) in [4.78, 5) is 34.7. The molecule has 0 aromatic heterocycles. The summed E-state index contributed by atoms with van der Waals surface area (Å²) in [5, 5.41) is 13.3. The van der Waals surface area contributed by atoms with Crippen molar-refractivity contribution in [3.05, 3.63) is 57.6 Å². The first-order valence-corrected chi connectivity index (χ1v) is 7.80. The number of methoxy groups -OCH3 is 2. The number of hydrogen-bond donors (Lipinski definition) is 1. The molecule has 0 radical (unpaired) electrons. The first-order chi connectivity index (χ1) is 12.9. The third-order valence-electron chi connectivity index (χ3n) is 3.67. The quantitative estimate of drug-likeness (QED) is 0.450. The summed E-state index contributed by atoms with van der Waals surface area (Å²) in [5.74, 6) is -0.945. The fourth-order valence-electron chi connectivity index (χ4n) is 2.30. The predicted octanol–water partition coefficient (Wildman–Crippen LogP) is 2.72. The molecule has 27 heavy (non-hydrogen) atoms. The summed E-state index contributed by atoms with van der Waals surface area (Å²) < 4.78 is 15.3. The average Bonchev–Trinajstić information content (AvgIpc) is 2.66. The molecule has 0 aliphatic rings. The van der Waals surface area contributed by atoms with Gasteiger partial charge in [0.15, 0.2) is 6.61 Å². The molecular weight excluding hydrogens is 356 g/mol. The second-order valence-corrected chi connectivity index (χ2v) is 5.42. The van der Waals surface area contributed by atoms with E-state index >= 15 is 0 Å². The van der Waals surface area contributed by atoms with Crippen LogP contribution in [0.5, 0.6) is 11.5 Å². The number of nitro benzene ring substituents is 1. The molecule has 9 heteroatoms. The molecule has 142 valence electrons. The minimum absolute atomic E-state index is 0.0572. The maximum absolute atomic E-state index is 12.3. The van der Waals surface area contributed by atoms with Gasteiger partial charge in [-0.15, -0.1) is 0 Å². The van der Waals surface area contributed by atoms with Crippen molar-refractivity contribution < 1.29 is 28.7 Å². The van der Waals surface area contributed by atoms with Crippen LogP contribution >= 0.6 is 0 Å². The van der Waals surface area contributed by atoms with Crippen molar-refractivity contribution in [2.24, 2.45) is 0 Å². The molecule has 0 heterocycles. The zero-order valence-corrected chi connectivity index (χ0v) is 15.0. The Morgan fingerprint density at radius 2 is 1.74 bits per heavy atom. The van der Waals surface area contributed by atoms with E-state index in [1.165, 1.54) is 32.4 Å². The smallest absolute Gasteiger partial charge is 0.346 e. The van der Waals surface area contributed by atoms with Gasteiger partial charge < -0.3 is 19.5 Å². The lowest BCUT2D eigenvalue weighted by Gasteiger charge is -2.13. The second-order valence-electron chi connectivity index (χ2n) is 5.42. The monoisotopic (exact) mass is 374 g/mol. The highest BCUT2D eigenvalue weighted by atomic mass is 16.6. The van der Waals surface area contributed by atoms with Gasteiger partial charge in [0.1, 0.15) is 17.1 Å². The molecule has 0 unspecified atom stereocenters. The van der Waals surface area contributed by atoms with Gasteiger partial charge in [0, 0.05) is 12.1 Å². The van der Waals surface area contributed by atoms with Crippen molar-refractivity contribution in [3.63, 3.8) is 0 Å². The number of anilines is 1. The average molecular weight is 374 g/mol. The number of rotatable bonds is 7. The number of ether oxygens (including phenoxy) is 3. The normalized spacial score (nSPS) is 10.0. The molecule has 0 saturated heterocycles. The van der Waals surface area contributed by atoms with Crippen molar-refractivity contribution in [2.75, 3.05) is 26.1 Å². The van der Waals surface area contributed by atoms with Gasteiger partial charge >= 0.3 is 5.97 Å². The van der Waals surface area contributed by atoms with E-state index in [-0.39, 0.29) is 28.4 Å². The lowest BCUT2D eigenvalue weighted by Crippen LogP contribution is -2.22. The number of carbonyl (C=O) groups is 2. The molecule has 1 amide bonds. The Bertz CT molecular complexity index is 858. The minimum atomic E-state index is -0.796. The Morgan fingerprint density at radius 3 is 2.30 bits per heavy atom. The number of hydrogen-bond acceptors (Lipinski definition) is 7. The first kappa shape index (κ1) is 19.7. The van der Waals surface area contributed by atoms with E-state index in [2.05, 4.69) is 5.32 Å². The van der Waals surface area contributed by atoms with Crippen LogP contribution in [0, 0.1) is 17.0 Å². The van der Waals surface area contributed by atoms with Crippen LogP contribution in [0.3, 0.4) is 0 Å². The largest absolute Gasteiger partial charge is 0.496 e. The molecule has 1 N–H and O–H groups in total. The minimum Gasteiger partial charge on any atom is -0.496 e. The van der Waals surface area contributed by atoms with Gasteiger partial charge in [0.2, 0.25) is 0 Å². The molecule has 0 aliphatic carbocycles. The van der Waals surface area contributed by atoms with Crippen LogP contribution in [0.15, 0.2) is 36.4 Å². The zero-order chi connectivity index (χ0) is 20.0. The molecule has 0 atom stereocenters. The Hall–Kier alpha value is -3.62. The van der Waals surface area contributed by atoms with Gasteiger partial charge in [-0.1, -0.05) is 12.1 Å². The van der Waals surface area contributed by atoms with Crippen molar-refractivity contribution in [3.8, 4) is 11.5 Å². The number of nitrogens with zero attached hydrogens (tertiary/aromatic N) is 1.